The molecule has 0 amide bonds. The van der Waals surface area contributed by atoms with Crippen molar-refractivity contribution in [3.05, 3.63) is 62.6 Å². The van der Waals surface area contributed by atoms with Crippen LogP contribution in [-0.4, -0.2) is 19.8 Å². The number of aromatic nitrogens is 4. The second-order valence-electron chi connectivity index (χ2n) is 4.33. The predicted octanol–water partition coefficient (Wildman–Crippen LogP) is 2.23. The lowest BCUT2D eigenvalue weighted by molar-refractivity contribution is 0.366. The van der Waals surface area contributed by atoms with E-state index < -0.39 is 46.9 Å². The molecule has 0 aliphatic heterocycles. The summed E-state index contributed by atoms with van der Waals surface area (Å²) in [7, 11) is 0. The lowest BCUT2D eigenvalue weighted by Gasteiger charge is -2.07. The SMILES string of the molecule is O=c1n(Cc2c(F)c(F)c(F)c(F)c2F)nnn1-c1cccs1. The average molecular weight is 348 g/mol. The Kier molecular flexibility index (Phi) is 3.72. The Morgan fingerprint density at radius 2 is 1.57 bits per heavy atom. The molecule has 0 radical (unpaired) electrons. The fourth-order valence-electron chi connectivity index (χ4n) is 1.84. The van der Waals surface area contributed by atoms with Crippen LogP contribution in [0.15, 0.2) is 22.3 Å². The number of rotatable bonds is 3. The molecule has 120 valence electrons. The molecule has 0 atom stereocenters. The second kappa shape index (κ2) is 5.57. The van der Waals surface area contributed by atoms with E-state index >= 15 is 0 Å². The van der Waals surface area contributed by atoms with Gasteiger partial charge in [0, 0.05) is 0 Å². The number of hydrogen-bond acceptors (Lipinski definition) is 4. The molecule has 0 saturated heterocycles. The lowest BCUT2D eigenvalue weighted by atomic mass is 10.1. The predicted molar refractivity (Wildman–Crippen MR) is 68.8 cm³/mol. The summed E-state index contributed by atoms with van der Waals surface area (Å²) in [6, 6.07) is 3.18. The number of thiophene rings is 1. The first-order valence-electron chi connectivity index (χ1n) is 5.98. The van der Waals surface area contributed by atoms with Gasteiger partial charge in [-0.1, -0.05) is 0 Å². The van der Waals surface area contributed by atoms with Crippen molar-refractivity contribution in [1.29, 1.82) is 0 Å². The molecule has 0 N–H and O–H groups in total. The quantitative estimate of drug-likeness (QED) is 0.414. The molecule has 0 bridgehead atoms. The van der Waals surface area contributed by atoms with Gasteiger partial charge in [-0.3, -0.25) is 0 Å². The molecular weight excluding hydrogens is 343 g/mol. The van der Waals surface area contributed by atoms with E-state index in [9.17, 15) is 26.7 Å². The van der Waals surface area contributed by atoms with E-state index in [4.69, 9.17) is 0 Å². The number of halogens is 5. The zero-order valence-electron chi connectivity index (χ0n) is 10.9. The molecule has 0 saturated carbocycles. The van der Waals surface area contributed by atoms with Gasteiger partial charge in [0.25, 0.3) is 0 Å². The van der Waals surface area contributed by atoms with Gasteiger partial charge in [0.1, 0.15) is 5.00 Å². The van der Waals surface area contributed by atoms with Gasteiger partial charge in [0.05, 0.1) is 12.1 Å². The molecule has 0 aliphatic carbocycles. The molecule has 5 nitrogen and oxygen atoms in total. The highest BCUT2D eigenvalue weighted by molar-refractivity contribution is 7.12. The molecule has 2 aromatic heterocycles. The monoisotopic (exact) mass is 348 g/mol. The Balaban J connectivity index is 2.06. The largest absolute Gasteiger partial charge is 0.369 e. The number of hydrogen-bond donors (Lipinski definition) is 0. The van der Waals surface area contributed by atoms with Gasteiger partial charge in [-0.15, -0.1) is 11.3 Å². The molecule has 0 spiro atoms. The molecule has 23 heavy (non-hydrogen) atoms. The minimum absolute atomic E-state index is 0.388. The van der Waals surface area contributed by atoms with Crippen molar-refractivity contribution in [2.24, 2.45) is 0 Å². The van der Waals surface area contributed by atoms with Crippen molar-refractivity contribution in [1.82, 2.24) is 19.8 Å². The molecule has 1 aromatic carbocycles. The van der Waals surface area contributed by atoms with Gasteiger partial charge < -0.3 is 0 Å². The summed E-state index contributed by atoms with van der Waals surface area (Å²) in [5.41, 5.74) is -2.04. The summed E-state index contributed by atoms with van der Waals surface area (Å²) in [4.78, 5) is 12.0. The fraction of sp³-hybridized carbons (Fsp3) is 0.0833. The van der Waals surface area contributed by atoms with Crippen LogP contribution in [0.25, 0.3) is 5.00 Å². The Morgan fingerprint density at radius 1 is 0.957 bits per heavy atom. The molecular formula is C12H5F5N4OS. The van der Waals surface area contributed by atoms with E-state index in [-0.39, 0.29) is 0 Å². The van der Waals surface area contributed by atoms with Crippen molar-refractivity contribution in [2.45, 2.75) is 6.54 Å². The maximum atomic E-state index is 13.6. The first kappa shape index (κ1) is 15.3. The Labute approximate surface area is 128 Å². The van der Waals surface area contributed by atoms with E-state index in [0.717, 1.165) is 16.0 Å². The van der Waals surface area contributed by atoms with Gasteiger partial charge >= 0.3 is 5.69 Å². The minimum atomic E-state index is -2.27. The van der Waals surface area contributed by atoms with Crippen LogP contribution < -0.4 is 5.69 Å². The van der Waals surface area contributed by atoms with E-state index in [2.05, 4.69) is 10.4 Å². The molecule has 3 rings (SSSR count). The van der Waals surface area contributed by atoms with Crippen LogP contribution in [0.5, 0.6) is 0 Å². The first-order chi connectivity index (χ1) is 10.9. The van der Waals surface area contributed by atoms with Crippen molar-refractivity contribution >= 4 is 11.3 Å². The zero-order chi connectivity index (χ0) is 16.7. The van der Waals surface area contributed by atoms with E-state index in [0.29, 0.717) is 9.68 Å². The summed E-state index contributed by atoms with van der Waals surface area (Å²) in [6.45, 7) is -0.948. The van der Waals surface area contributed by atoms with Crippen LogP contribution in [0, 0.1) is 29.1 Å². The first-order valence-corrected chi connectivity index (χ1v) is 6.86. The van der Waals surface area contributed by atoms with E-state index in [1.165, 1.54) is 0 Å². The highest BCUT2D eigenvalue weighted by Crippen LogP contribution is 2.23. The normalized spacial score (nSPS) is 11.2. The zero-order valence-corrected chi connectivity index (χ0v) is 11.8. The number of benzene rings is 1. The Hall–Kier alpha value is -2.56. The number of nitrogens with zero attached hydrogens (tertiary/aromatic N) is 4. The average Bonchev–Trinajstić information content (AvgIpc) is 3.18. The van der Waals surface area contributed by atoms with Crippen LogP contribution in [0.4, 0.5) is 22.0 Å². The third-order valence-electron chi connectivity index (χ3n) is 2.96. The summed E-state index contributed by atoms with van der Waals surface area (Å²) in [5.74, 6) is -10.5. The van der Waals surface area contributed by atoms with Crippen molar-refractivity contribution in [3.63, 3.8) is 0 Å². The highest BCUT2D eigenvalue weighted by Gasteiger charge is 2.26. The van der Waals surface area contributed by atoms with Crippen LogP contribution in [0.1, 0.15) is 5.56 Å². The topological polar surface area (TPSA) is 52.7 Å². The molecule has 0 unspecified atom stereocenters. The van der Waals surface area contributed by atoms with E-state index in [1.807, 2.05) is 0 Å². The molecule has 11 heteroatoms. The third kappa shape index (κ3) is 2.42. The highest BCUT2D eigenvalue weighted by atomic mass is 32.1. The van der Waals surface area contributed by atoms with Crippen molar-refractivity contribution in [2.75, 3.05) is 0 Å². The summed E-state index contributed by atoms with van der Waals surface area (Å²) >= 11 is 1.15. The molecule has 2 heterocycles. The third-order valence-corrected chi connectivity index (χ3v) is 3.81. The minimum Gasteiger partial charge on any atom is -0.244 e. The Morgan fingerprint density at radius 3 is 2.13 bits per heavy atom. The summed E-state index contributed by atoms with van der Waals surface area (Å²) < 4.78 is 67.8. The van der Waals surface area contributed by atoms with E-state index in [1.54, 1.807) is 17.5 Å². The Bertz CT molecular complexity index is 905. The summed E-state index contributed by atoms with van der Waals surface area (Å²) in [5, 5.41) is 8.93. The van der Waals surface area contributed by atoms with Crippen LogP contribution in [-0.2, 0) is 6.54 Å². The van der Waals surface area contributed by atoms with Crippen molar-refractivity contribution < 1.29 is 22.0 Å². The molecule has 0 aliphatic rings. The smallest absolute Gasteiger partial charge is 0.244 e. The van der Waals surface area contributed by atoms with Crippen molar-refractivity contribution in [3.8, 4) is 5.00 Å². The van der Waals surface area contributed by atoms with Crippen LogP contribution in [0.3, 0.4) is 0 Å². The van der Waals surface area contributed by atoms with Gasteiger partial charge in [-0.05, 0) is 27.9 Å². The number of tetrazole rings is 1. The second-order valence-corrected chi connectivity index (χ2v) is 5.26. The fourth-order valence-corrected chi connectivity index (χ4v) is 2.51. The van der Waals surface area contributed by atoms with Crippen LogP contribution >= 0.6 is 11.3 Å². The maximum Gasteiger partial charge on any atom is 0.369 e. The molecule has 3 aromatic rings. The van der Waals surface area contributed by atoms with Gasteiger partial charge in [0.2, 0.25) is 5.82 Å². The van der Waals surface area contributed by atoms with Gasteiger partial charge in [-0.2, -0.15) is 9.36 Å². The molecule has 0 fully saturated rings. The standard InChI is InChI=1S/C12H5F5N4OS/c13-7-5(8(14)10(16)11(17)9(7)15)4-20-12(22)21(19-18-20)6-2-1-3-23-6/h1-3H,4H2. The van der Waals surface area contributed by atoms with Crippen LogP contribution in [0.2, 0.25) is 0 Å². The van der Waals surface area contributed by atoms with Gasteiger partial charge in [0.15, 0.2) is 23.3 Å². The maximum absolute atomic E-state index is 13.6. The lowest BCUT2D eigenvalue weighted by Crippen LogP contribution is -2.25. The summed E-state index contributed by atoms with van der Waals surface area (Å²) in [6.07, 6.45) is 0. The van der Waals surface area contributed by atoms with Gasteiger partial charge in [-0.25, -0.2) is 26.7 Å².